The molecule has 0 saturated carbocycles. The van der Waals surface area contributed by atoms with Gasteiger partial charge in [-0.3, -0.25) is 14.4 Å². The molecule has 0 spiro atoms. The smallest absolute Gasteiger partial charge is 0.306 e. The SMILES string of the molecule is CC(C)CCC(C)CC(C)OC(=O)CCCCCCCC(CCCCCCCC(=O)OC(C)CC(C)CCC(C)C)OC(=O)CC(C)(C)CC(C)CN(C)C. The average molecular weight is 780 g/mol. The third-order valence-electron chi connectivity index (χ3n) is 10.9. The summed E-state index contributed by atoms with van der Waals surface area (Å²) in [4.78, 5) is 40.2. The Bertz CT molecular complexity index is 923. The van der Waals surface area contributed by atoms with E-state index in [-0.39, 0.29) is 41.6 Å². The topological polar surface area (TPSA) is 82.1 Å². The zero-order valence-corrected chi connectivity index (χ0v) is 38.8. The van der Waals surface area contributed by atoms with Crippen LogP contribution in [0.25, 0.3) is 0 Å². The molecule has 0 aromatic rings. The van der Waals surface area contributed by atoms with Gasteiger partial charge in [0.1, 0.15) is 6.10 Å². The molecule has 0 aliphatic heterocycles. The first-order valence-electron chi connectivity index (χ1n) is 23.0. The van der Waals surface area contributed by atoms with Crippen molar-refractivity contribution in [1.82, 2.24) is 4.90 Å². The molecule has 0 saturated heterocycles. The Morgan fingerprint density at radius 1 is 0.491 bits per heavy atom. The second-order valence-corrected chi connectivity index (χ2v) is 19.9. The van der Waals surface area contributed by atoms with E-state index in [1.807, 2.05) is 13.8 Å². The lowest BCUT2D eigenvalue weighted by atomic mass is 9.80. The molecule has 0 aromatic heterocycles. The summed E-state index contributed by atoms with van der Waals surface area (Å²) >= 11 is 0. The molecule has 0 aliphatic rings. The first-order chi connectivity index (χ1) is 25.8. The van der Waals surface area contributed by atoms with E-state index < -0.39 is 0 Å². The number of hydrogen-bond donors (Lipinski definition) is 0. The molecule has 0 N–H and O–H groups in total. The summed E-state index contributed by atoms with van der Waals surface area (Å²) < 4.78 is 17.6. The fraction of sp³-hybridized carbons (Fsp3) is 0.938. The third-order valence-corrected chi connectivity index (χ3v) is 10.9. The summed E-state index contributed by atoms with van der Waals surface area (Å²) in [6.07, 6.45) is 20.9. The van der Waals surface area contributed by atoms with Crippen LogP contribution in [0.3, 0.4) is 0 Å². The van der Waals surface area contributed by atoms with Crippen LogP contribution in [0.15, 0.2) is 0 Å². The molecular weight excluding hydrogens is 687 g/mol. The van der Waals surface area contributed by atoms with Gasteiger partial charge in [0.15, 0.2) is 0 Å². The van der Waals surface area contributed by atoms with Gasteiger partial charge in [-0.1, -0.05) is 127 Å². The highest BCUT2D eigenvalue weighted by atomic mass is 16.5. The molecule has 7 nitrogen and oxygen atoms in total. The zero-order valence-electron chi connectivity index (χ0n) is 38.8. The Labute approximate surface area is 341 Å². The fourth-order valence-corrected chi connectivity index (χ4v) is 8.19. The zero-order chi connectivity index (χ0) is 41.8. The van der Waals surface area contributed by atoms with E-state index >= 15 is 0 Å². The maximum Gasteiger partial charge on any atom is 0.306 e. The van der Waals surface area contributed by atoms with Gasteiger partial charge in [-0.25, -0.2) is 0 Å². The van der Waals surface area contributed by atoms with Gasteiger partial charge in [0, 0.05) is 19.4 Å². The predicted molar refractivity (Wildman–Crippen MR) is 232 cm³/mol. The molecule has 0 aliphatic carbocycles. The standard InChI is InChI=1S/C48H93NO6/c1-37(2)28-30-39(5)32-42(8)53-45(50)26-22-18-14-16-20-24-44(55-47(52)35-48(10,11)34-41(7)36-49(12)13)25-21-17-15-19-23-27-46(51)54-43(9)33-40(6)31-29-38(3)4/h37-44H,14-36H2,1-13H3. The minimum Gasteiger partial charge on any atom is -0.463 e. The van der Waals surface area contributed by atoms with Crippen LogP contribution < -0.4 is 0 Å². The van der Waals surface area contributed by atoms with Crippen molar-refractivity contribution >= 4 is 17.9 Å². The van der Waals surface area contributed by atoms with Gasteiger partial charge in [-0.2, -0.15) is 0 Å². The van der Waals surface area contributed by atoms with E-state index in [9.17, 15) is 14.4 Å². The van der Waals surface area contributed by atoms with Crippen molar-refractivity contribution in [2.45, 2.75) is 236 Å². The van der Waals surface area contributed by atoms with Crippen LogP contribution in [-0.2, 0) is 28.6 Å². The normalized spacial score (nSPS) is 15.5. The summed E-state index contributed by atoms with van der Waals surface area (Å²) in [5.74, 6) is 2.88. The van der Waals surface area contributed by atoms with Crippen LogP contribution in [0.4, 0.5) is 0 Å². The minimum absolute atomic E-state index is 0.0165. The molecule has 5 atom stereocenters. The monoisotopic (exact) mass is 780 g/mol. The molecule has 0 rings (SSSR count). The van der Waals surface area contributed by atoms with Crippen LogP contribution in [0, 0.1) is 35.0 Å². The summed E-state index contributed by atoms with van der Waals surface area (Å²) in [6.45, 7) is 25.2. The maximum absolute atomic E-state index is 13.2. The Balaban J connectivity index is 4.66. The van der Waals surface area contributed by atoms with Crippen molar-refractivity contribution < 1.29 is 28.6 Å². The van der Waals surface area contributed by atoms with Crippen molar-refractivity contribution in [2.24, 2.45) is 35.0 Å². The van der Waals surface area contributed by atoms with Crippen molar-refractivity contribution in [3.05, 3.63) is 0 Å². The van der Waals surface area contributed by atoms with Gasteiger partial charge in [-0.15, -0.1) is 0 Å². The number of hydrogen-bond acceptors (Lipinski definition) is 7. The molecule has 7 heteroatoms. The second-order valence-electron chi connectivity index (χ2n) is 19.9. The number of ether oxygens (including phenoxy) is 3. The summed E-state index contributed by atoms with van der Waals surface area (Å²) in [5.41, 5.74) is -0.104. The van der Waals surface area contributed by atoms with Crippen molar-refractivity contribution in [3.8, 4) is 0 Å². The van der Waals surface area contributed by atoms with Gasteiger partial charge in [0.2, 0.25) is 0 Å². The molecule has 0 fully saturated rings. The lowest BCUT2D eigenvalue weighted by molar-refractivity contribution is -0.152. The van der Waals surface area contributed by atoms with Gasteiger partial charge in [-0.05, 0) is 121 Å². The quantitative estimate of drug-likeness (QED) is 0.0360. The second kappa shape index (κ2) is 31.4. The summed E-state index contributed by atoms with van der Waals surface area (Å²) in [7, 11) is 4.20. The third kappa shape index (κ3) is 34.2. The highest BCUT2D eigenvalue weighted by Crippen LogP contribution is 2.31. The fourth-order valence-electron chi connectivity index (χ4n) is 8.19. The molecule has 0 radical (unpaired) electrons. The lowest BCUT2D eigenvalue weighted by Crippen LogP contribution is -2.28. The average Bonchev–Trinajstić information content (AvgIpc) is 3.04. The number of carbonyl (C=O) groups is 3. The molecule has 0 bridgehead atoms. The first-order valence-corrected chi connectivity index (χ1v) is 23.0. The van der Waals surface area contributed by atoms with Gasteiger partial charge < -0.3 is 19.1 Å². The summed E-state index contributed by atoms with van der Waals surface area (Å²) in [5, 5.41) is 0. The number of esters is 3. The molecule has 0 amide bonds. The Morgan fingerprint density at radius 2 is 0.891 bits per heavy atom. The number of rotatable bonds is 35. The van der Waals surface area contributed by atoms with Crippen LogP contribution in [0.2, 0.25) is 0 Å². The molecule has 5 unspecified atom stereocenters. The molecule has 326 valence electrons. The highest BCUT2D eigenvalue weighted by molar-refractivity contribution is 5.70. The van der Waals surface area contributed by atoms with E-state index in [1.165, 1.54) is 25.7 Å². The summed E-state index contributed by atoms with van der Waals surface area (Å²) in [6, 6.07) is 0. The number of nitrogens with zero attached hydrogens (tertiary/aromatic N) is 1. The van der Waals surface area contributed by atoms with Crippen LogP contribution in [0.1, 0.15) is 217 Å². The van der Waals surface area contributed by atoms with Gasteiger partial charge in [0.25, 0.3) is 0 Å². The van der Waals surface area contributed by atoms with Gasteiger partial charge >= 0.3 is 17.9 Å². The lowest BCUT2D eigenvalue weighted by Gasteiger charge is -2.29. The number of carbonyl (C=O) groups excluding carboxylic acids is 3. The van der Waals surface area contributed by atoms with Crippen LogP contribution in [0.5, 0.6) is 0 Å². The largest absolute Gasteiger partial charge is 0.463 e. The van der Waals surface area contributed by atoms with Crippen molar-refractivity contribution in [1.29, 1.82) is 0 Å². The van der Waals surface area contributed by atoms with E-state index in [0.29, 0.717) is 48.9 Å². The molecule has 0 aromatic carbocycles. The Kier molecular flexibility index (Phi) is 30.4. The van der Waals surface area contributed by atoms with E-state index in [1.54, 1.807) is 0 Å². The van der Waals surface area contributed by atoms with E-state index in [0.717, 1.165) is 103 Å². The Morgan fingerprint density at radius 3 is 1.29 bits per heavy atom. The molecule has 0 heterocycles. The van der Waals surface area contributed by atoms with Gasteiger partial charge in [0.05, 0.1) is 18.6 Å². The van der Waals surface area contributed by atoms with Crippen molar-refractivity contribution in [2.75, 3.05) is 20.6 Å². The first kappa shape index (κ1) is 53.4. The minimum atomic E-state index is -0.104. The van der Waals surface area contributed by atoms with E-state index in [4.69, 9.17) is 14.2 Å². The Hall–Kier alpha value is -1.63. The number of unbranched alkanes of at least 4 members (excludes halogenated alkanes) is 8. The highest BCUT2D eigenvalue weighted by Gasteiger charge is 2.27. The molecule has 55 heavy (non-hydrogen) atoms. The van der Waals surface area contributed by atoms with E-state index in [2.05, 4.69) is 81.3 Å². The van der Waals surface area contributed by atoms with Crippen LogP contribution >= 0.6 is 0 Å². The molecular formula is C48H93NO6. The van der Waals surface area contributed by atoms with Crippen LogP contribution in [-0.4, -0.2) is 61.8 Å². The predicted octanol–water partition coefficient (Wildman–Crippen LogP) is 13.2. The van der Waals surface area contributed by atoms with Crippen molar-refractivity contribution in [3.63, 3.8) is 0 Å². The maximum atomic E-state index is 13.2.